The van der Waals surface area contributed by atoms with Gasteiger partial charge in [-0.25, -0.2) is 0 Å². The van der Waals surface area contributed by atoms with Crippen LogP contribution in [0.5, 0.6) is 0 Å². The van der Waals surface area contributed by atoms with Gasteiger partial charge in [-0.15, -0.1) is 9.05 Å². The first-order chi connectivity index (χ1) is 20.3. The van der Waals surface area contributed by atoms with Gasteiger partial charge in [0.05, 0.1) is 34.4 Å². The zero-order valence-electron chi connectivity index (χ0n) is 28.2. The summed E-state index contributed by atoms with van der Waals surface area (Å²) in [6.07, 6.45) is 22.6. The molecule has 0 radical (unpaired) electrons. The van der Waals surface area contributed by atoms with Crippen molar-refractivity contribution in [2.75, 3.05) is 67.3 Å². The van der Waals surface area contributed by atoms with Gasteiger partial charge in [0.1, 0.15) is 19.3 Å². The van der Waals surface area contributed by atoms with Crippen LogP contribution in [-0.4, -0.2) is 83.9 Å². The van der Waals surface area contributed by atoms with Crippen LogP contribution in [-0.2, 0) is 32.6 Å². The van der Waals surface area contributed by atoms with Gasteiger partial charge in [-0.3, -0.25) is 4.79 Å². The average molecular weight is 622 g/mol. The number of ether oxygens (including phenoxy) is 3. The van der Waals surface area contributed by atoms with Crippen LogP contribution in [0.4, 0.5) is 0 Å². The summed E-state index contributed by atoms with van der Waals surface area (Å²) < 4.78 is 40.6. The van der Waals surface area contributed by atoms with Crippen molar-refractivity contribution in [3.05, 3.63) is 0 Å². The lowest BCUT2D eigenvalue weighted by atomic mass is 10.0. The standard InChI is InChI=1S/C33H68NO7P/c1-6-8-9-10-11-12-13-14-15-16-17-18-20-23-27-37-30-32(31-41-42(36)40-29-26-34(3,4)5)39-28-24-21-19-22-25-33(35)38-7-2/h32H,6-31H2,1-5H3/q+2. The molecule has 0 bridgehead atoms. The predicted octanol–water partition coefficient (Wildman–Crippen LogP) is 8.78. The Labute approximate surface area is 260 Å². The van der Waals surface area contributed by atoms with E-state index in [1.54, 1.807) is 0 Å². The van der Waals surface area contributed by atoms with Crippen molar-refractivity contribution in [1.82, 2.24) is 0 Å². The lowest BCUT2D eigenvalue weighted by Gasteiger charge is -2.21. The molecule has 0 fully saturated rings. The molecule has 2 unspecified atom stereocenters. The van der Waals surface area contributed by atoms with E-state index in [1.807, 2.05) is 6.92 Å². The molecule has 0 aromatic carbocycles. The fraction of sp³-hybridized carbons (Fsp3) is 0.970. The highest BCUT2D eigenvalue weighted by molar-refractivity contribution is 7.33. The predicted molar refractivity (Wildman–Crippen MR) is 173 cm³/mol. The molecule has 0 aliphatic rings. The third-order valence-electron chi connectivity index (χ3n) is 7.20. The zero-order valence-corrected chi connectivity index (χ0v) is 29.1. The van der Waals surface area contributed by atoms with Gasteiger partial charge in [-0.05, 0) is 26.2 Å². The average Bonchev–Trinajstić information content (AvgIpc) is 2.94. The van der Waals surface area contributed by atoms with Crippen LogP contribution in [0.3, 0.4) is 0 Å². The summed E-state index contributed by atoms with van der Waals surface area (Å²) in [7, 11) is 4.01. The molecule has 0 saturated heterocycles. The lowest BCUT2D eigenvalue weighted by Crippen LogP contribution is -2.37. The van der Waals surface area contributed by atoms with Crippen LogP contribution in [0.25, 0.3) is 0 Å². The molecule has 0 N–H and O–H groups in total. The van der Waals surface area contributed by atoms with E-state index in [-0.39, 0.29) is 18.7 Å². The summed E-state index contributed by atoms with van der Waals surface area (Å²) >= 11 is 0. The number of hydrogen-bond donors (Lipinski definition) is 0. The molecular weight excluding hydrogens is 553 g/mol. The van der Waals surface area contributed by atoms with E-state index in [1.165, 1.54) is 83.5 Å². The highest BCUT2D eigenvalue weighted by atomic mass is 31.1. The first-order valence-corrected chi connectivity index (χ1v) is 18.3. The molecule has 0 rings (SSSR count). The van der Waals surface area contributed by atoms with Gasteiger partial charge in [0.2, 0.25) is 0 Å². The Kier molecular flexibility index (Phi) is 29.9. The number of esters is 1. The van der Waals surface area contributed by atoms with Crippen molar-refractivity contribution in [3.8, 4) is 0 Å². The van der Waals surface area contributed by atoms with E-state index >= 15 is 0 Å². The van der Waals surface area contributed by atoms with Crippen molar-refractivity contribution >= 4 is 14.2 Å². The largest absolute Gasteiger partial charge is 0.697 e. The number of quaternary nitrogens is 1. The molecule has 0 aromatic rings. The second kappa shape index (κ2) is 30.4. The van der Waals surface area contributed by atoms with Crippen molar-refractivity contribution in [3.63, 3.8) is 0 Å². The lowest BCUT2D eigenvalue weighted by molar-refractivity contribution is -0.870. The Morgan fingerprint density at radius 3 is 1.71 bits per heavy atom. The topological polar surface area (TPSA) is 80.3 Å². The van der Waals surface area contributed by atoms with E-state index < -0.39 is 8.25 Å². The summed E-state index contributed by atoms with van der Waals surface area (Å²) in [6, 6.07) is 0. The fourth-order valence-electron chi connectivity index (χ4n) is 4.54. The fourth-order valence-corrected chi connectivity index (χ4v) is 5.13. The third-order valence-corrected chi connectivity index (χ3v) is 7.96. The number of carbonyl (C=O) groups excluding carboxylic acids is 1. The first kappa shape index (κ1) is 41.4. The number of carbonyl (C=O) groups is 1. The Morgan fingerprint density at radius 2 is 1.17 bits per heavy atom. The van der Waals surface area contributed by atoms with Crippen molar-refractivity contribution < 1.29 is 37.1 Å². The molecule has 9 heteroatoms. The van der Waals surface area contributed by atoms with E-state index in [2.05, 4.69) is 28.1 Å². The number of nitrogens with zero attached hydrogens (tertiary/aromatic N) is 1. The maximum atomic E-state index is 12.2. The molecule has 0 amide bonds. The van der Waals surface area contributed by atoms with Crippen LogP contribution in [0, 0.1) is 0 Å². The maximum Gasteiger partial charge on any atom is 0.697 e. The van der Waals surface area contributed by atoms with Crippen LogP contribution in [0.15, 0.2) is 0 Å². The summed E-state index contributed by atoms with van der Waals surface area (Å²) in [5.74, 6) is -0.125. The Hall–Kier alpha value is -0.630. The summed E-state index contributed by atoms with van der Waals surface area (Å²) in [6.45, 7) is 7.55. The minimum atomic E-state index is -2.18. The van der Waals surface area contributed by atoms with Crippen molar-refractivity contribution in [1.29, 1.82) is 0 Å². The quantitative estimate of drug-likeness (QED) is 0.0314. The summed E-state index contributed by atoms with van der Waals surface area (Å²) in [5, 5.41) is 0. The molecule has 8 nitrogen and oxygen atoms in total. The molecule has 2 atom stereocenters. The van der Waals surface area contributed by atoms with Crippen molar-refractivity contribution in [2.45, 2.75) is 142 Å². The van der Waals surface area contributed by atoms with E-state index in [4.69, 9.17) is 23.3 Å². The Morgan fingerprint density at radius 1 is 0.643 bits per heavy atom. The molecule has 0 aliphatic heterocycles. The number of likely N-dealkylation sites (N-methyl/N-ethyl adjacent to an activating group) is 1. The molecule has 0 aromatic heterocycles. The summed E-state index contributed by atoms with van der Waals surface area (Å²) in [4.78, 5) is 11.4. The summed E-state index contributed by atoms with van der Waals surface area (Å²) in [5.41, 5.74) is 0. The van der Waals surface area contributed by atoms with Crippen LogP contribution < -0.4 is 0 Å². The number of hydrogen-bond acceptors (Lipinski definition) is 7. The minimum absolute atomic E-state index is 0.125. The van der Waals surface area contributed by atoms with Gasteiger partial charge in [0, 0.05) is 24.2 Å². The van der Waals surface area contributed by atoms with Gasteiger partial charge in [0.15, 0.2) is 6.61 Å². The Bertz CT molecular complexity index is 616. The monoisotopic (exact) mass is 621 g/mol. The smallest absolute Gasteiger partial charge is 0.466 e. The molecule has 0 aliphatic carbocycles. The van der Waals surface area contributed by atoms with Gasteiger partial charge < -0.3 is 18.7 Å². The first-order valence-electron chi connectivity index (χ1n) is 17.2. The number of rotatable bonds is 33. The molecule has 250 valence electrons. The molecule has 42 heavy (non-hydrogen) atoms. The van der Waals surface area contributed by atoms with Crippen LogP contribution in [0.2, 0.25) is 0 Å². The molecule has 0 heterocycles. The number of unbranched alkanes of at least 4 members (excludes halogenated alkanes) is 16. The minimum Gasteiger partial charge on any atom is -0.466 e. The molecule has 0 saturated carbocycles. The van der Waals surface area contributed by atoms with E-state index in [0.717, 1.165) is 43.1 Å². The van der Waals surface area contributed by atoms with Gasteiger partial charge in [-0.1, -0.05) is 103 Å². The van der Waals surface area contributed by atoms with Crippen LogP contribution in [0.1, 0.15) is 136 Å². The molecular formula is C33H68NO7P+2. The van der Waals surface area contributed by atoms with Crippen molar-refractivity contribution in [2.24, 2.45) is 0 Å². The highest BCUT2D eigenvalue weighted by Crippen LogP contribution is 2.24. The zero-order chi connectivity index (χ0) is 31.2. The van der Waals surface area contributed by atoms with Gasteiger partial charge >= 0.3 is 14.2 Å². The van der Waals surface area contributed by atoms with E-state index in [0.29, 0.717) is 39.5 Å². The normalized spacial score (nSPS) is 12.9. The maximum absolute atomic E-state index is 12.2. The van der Waals surface area contributed by atoms with Crippen LogP contribution >= 0.6 is 8.25 Å². The van der Waals surface area contributed by atoms with Gasteiger partial charge in [-0.2, -0.15) is 0 Å². The van der Waals surface area contributed by atoms with Gasteiger partial charge in [0.25, 0.3) is 0 Å². The van der Waals surface area contributed by atoms with E-state index in [9.17, 15) is 9.36 Å². The molecule has 0 spiro atoms. The third kappa shape index (κ3) is 32.3. The second-order valence-electron chi connectivity index (χ2n) is 12.5. The SMILES string of the molecule is CCCCCCCCCCCCCCCCOCC(CO[P+](=O)OCC[N+](C)(C)C)OCCCCCCC(=O)OCC. The Balaban J connectivity index is 4.01. The second-order valence-corrected chi connectivity index (χ2v) is 13.5. The highest BCUT2D eigenvalue weighted by Gasteiger charge is 2.25.